The maximum absolute atomic E-state index is 14.0. The van der Waals surface area contributed by atoms with Crippen molar-refractivity contribution in [3.8, 4) is 5.69 Å². The van der Waals surface area contributed by atoms with Crippen molar-refractivity contribution in [3.63, 3.8) is 0 Å². The topological polar surface area (TPSA) is 45.6 Å². The first kappa shape index (κ1) is 22.4. The number of hydrogen-bond acceptors (Lipinski definition) is 2. The molecule has 34 heavy (non-hydrogen) atoms. The van der Waals surface area contributed by atoms with E-state index in [0.29, 0.717) is 6.42 Å². The summed E-state index contributed by atoms with van der Waals surface area (Å²) < 4.78 is 15.8. The van der Waals surface area contributed by atoms with Gasteiger partial charge in [-0.3, -0.25) is 14.5 Å². The minimum absolute atomic E-state index is 0.0579. The Morgan fingerprint density at radius 3 is 2.41 bits per heavy atom. The van der Waals surface area contributed by atoms with Gasteiger partial charge in [-0.15, -0.1) is 0 Å². The third-order valence-electron chi connectivity index (χ3n) is 6.78. The Balaban J connectivity index is 1.51. The summed E-state index contributed by atoms with van der Waals surface area (Å²) in [7, 11) is 0. The van der Waals surface area contributed by atoms with Gasteiger partial charge >= 0.3 is 0 Å². The molecule has 6 heteroatoms. The first-order valence-electron chi connectivity index (χ1n) is 12.2. The lowest BCUT2D eigenvalue weighted by Gasteiger charge is -2.39. The Labute approximate surface area is 199 Å². The highest BCUT2D eigenvalue weighted by Gasteiger charge is 2.39. The second kappa shape index (κ2) is 9.45. The van der Waals surface area contributed by atoms with Crippen molar-refractivity contribution in [2.75, 3.05) is 11.4 Å². The molecular formula is C28H30FN3O2. The maximum Gasteiger partial charge on any atom is 0.247 e. The second-order valence-corrected chi connectivity index (χ2v) is 9.22. The number of rotatable bonds is 8. The summed E-state index contributed by atoms with van der Waals surface area (Å²) in [5.74, 6) is -0.368. The van der Waals surface area contributed by atoms with Crippen molar-refractivity contribution in [2.24, 2.45) is 0 Å². The van der Waals surface area contributed by atoms with Gasteiger partial charge < -0.3 is 9.47 Å². The summed E-state index contributed by atoms with van der Waals surface area (Å²) in [5.41, 5.74) is 3.48. The van der Waals surface area contributed by atoms with E-state index in [1.165, 1.54) is 12.1 Å². The van der Waals surface area contributed by atoms with Gasteiger partial charge in [0.25, 0.3) is 0 Å². The fraction of sp³-hybridized carbons (Fsp3) is 0.357. The molecule has 0 bridgehead atoms. The maximum atomic E-state index is 14.0. The summed E-state index contributed by atoms with van der Waals surface area (Å²) in [4.78, 5) is 30.6. The van der Waals surface area contributed by atoms with Crippen molar-refractivity contribution < 1.29 is 14.0 Å². The largest absolute Gasteiger partial charge is 0.330 e. The molecule has 1 atom stereocenters. The molecule has 1 aliphatic heterocycles. The molecule has 2 aliphatic rings. The average molecular weight is 460 g/mol. The highest BCUT2D eigenvalue weighted by Crippen LogP contribution is 2.42. The molecule has 0 saturated heterocycles. The summed E-state index contributed by atoms with van der Waals surface area (Å²) in [6.45, 7) is 2.17. The van der Waals surface area contributed by atoms with Gasteiger partial charge in [0.15, 0.2) is 0 Å². The van der Waals surface area contributed by atoms with Crippen LogP contribution in [0.15, 0.2) is 66.9 Å². The standard InChI is InChI=1S/C28H30FN3O2/c1-2-3-4-11-26(33)31(22-16-17-22)19-27(34)32-24-9-6-5-8-23(24)30-18-7-10-25(30)28(32)20-12-14-21(29)15-13-20/h5-10,12-15,18,22,28H,2-4,11,16-17,19H2,1H3/t28-/m1/s1. The molecule has 0 N–H and O–H groups in total. The number of halogens is 1. The number of nitrogens with zero attached hydrogens (tertiary/aromatic N) is 3. The SMILES string of the molecule is CCCCCC(=O)N(CC(=O)N1c2ccccc2-n2cccc2[C@H]1c1ccc(F)cc1)C1CC1. The number of unbranched alkanes of at least 4 members (excludes halogenated alkanes) is 2. The van der Waals surface area contributed by atoms with Crippen molar-refractivity contribution in [1.82, 2.24) is 9.47 Å². The van der Waals surface area contributed by atoms with E-state index in [1.54, 1.807) is 21.9 Å². The summed E-state index contributed by atoms with van der Waals surface area (Å²) in [6.07, 6.45) is 7.30. The minimum Gasteiger partial charge on any atom is -0.330 e. The van der Waals surface area contributed by atoms with Crippen molar-refractivity contribution in [2.45, 2.75) is 57.5 Å². The third-order valence-corrected chi connectivity index (χ3v) is 6.78. The summed E-state index contributed by atoms with van der Waals surface area (Å²) >= 11 is 0. The number of hydrogen-bond donors (Lipinski definition) is 0. The van der Waals surface area contributed by atoms with Gasteiger partial charge in [0.05, 0.1) is 17.1 Å². The Hall–Kier alpha value is -3.41. The monoisotopic (exact) mass is 459 g/mol. The lowest BCUT2D eigenvalue weighted by Crippen LogP contribution is -2.47. The third kappa shape index (κ3) is 4.25. The van der Waals surface area contributed by atoms with Crippen LogP contribution < -0.4 is 4.90 Å². The number of amides is 2. The number of benzene rings is 2. The van der Waals surface area contributed by atoms with Crippen LogP contribution in [0, 0.1) is 5.82 Å². The number of anilines is 1. The van der Waals surface area contributed by atoms with E-state index in [9.17, 15) is 14.0 Å². The molecule has 2 aromatic carbocycles. The van der Waals surface area contributed by atoms with Crippen molar-refractivity contribution in [1.29, 1.82) is 0 Å². The predicted molar refractivity (Wildman–Crippen MR) is 130 cm³/mol. The number of aromatic nitrogens is 1. The normalized spacial score (nSPS) is 16.6. The highest BCUT2D eigenvalue weighted by atomic mass is 19.1. The smallest absolute Gasteiger partial charge is 0.247 e. The van der Waals surface area contributed by atoms with Gasteiger partial charge in [-0.2, -0.15) is 0 Å². The van der Waals surface area contributed by atoms with Gasteiger partial charge in [0.1, 0.15) is 18.4 Å². The average Bonchev–Trinajstić information content (AvgIpc) is 3.57. The molecule has 1 aromatic heterocycles. The first-order valence-corrected chi connectivity index (χ1v) is 12.2. The zero-order valence-electron chi connectivity index (χ0n) is 19.5. The van der Waals surface area contributed by atoms with Crippen LogP contribution in [0.2, 0.25) is 0 Å². The van der Waals surface area contributed by atoms with E-state index < -0.39 is 6.04 Å². The molecule has 0 radical (unpaired) electrons. The van der Waals surface area contributed by atoms with E-state index in [4.69, 9.17) is 0 Å². The second-order valence-electron chi connectivity index (χ2n) is 9.22. The zero-order chi connectivity index (χ0) is 23.7. The van der Waals surface area contributed by atoms with Crippen LogP contribution in [-0.4, -0.2) is 33.9 Å². The fourth-order valence-electron chi connectivity index (χ4n) is 4.92. The molecule has 0 spiro atoms. The lowest BCUT2D eigenvalue weighted by molar-refractivity contribution is -0.136. The van der Waals surface area contributed by atoms with E-state index in [1.807, 2.05) is 42.6 Å². The quantitative estimate of drug-likeness (QED) is 0.410. The predicted octanol–water partition coefficient (Wildman–Crippen LogP) is 5.62. The van der Waals surface area contributed by atoms with Crippen LogP contribution in [0.5, 0.6) is 0 Å². The van der Waals surface area contributed by atoms with Crippen LogP contribution in [0.3, 0.4) is 0 Å². The molecule has 2 heterocycles. The van der Waals surface area contributed by atoms with E-state index in [2.05, 4.69) is 11.5 Å². The summed E-state index contributed by atoms with van der Waals surface area (Å²) in [5, 5.41) is 0. The molecule has 2 amide bonds. The number of carbonyl (C=O) groups is 2. The number of fused-ring (bicyclic) bond motifs is 3. The van der Waals surface area contributed by atoms with Gasteiger partial charge in [-0.05, 0) is 61.2 Å². The van der Waals surface area contributed by atoms with Crippen LogP contribution in [0.4, 0.5) is 10.1 Å². The van der Waals surface area contributed by atoms with Crippen molar-refractivity contribution >= 4 is 17.5 Å². The van der Waals surface area contributed by atoms with Crippen LogP contribution in [0.1, 0.15) is 62.7 Å². The van der Waals surface area contributed by atoms with E-state index in [-0.39, 0.29) is 30.2 Å². The highest BCUT2D eigenvalue weighted by molar-refractivity contribution is 6.00. The van der Waals surface area contributed by atoms with Crippen LogP contribution in [0.25, 0.3) is 5.69 Å². The minimum atomic E-state index is -0.408. The molecule has 1 aliphatic carbocycles. The summed E-state index contributed by atoms with van der Waals surface area (Å²) in [6, 6.07) is 17.9. The van der Waals surface area contributed by atoms with Crippen LogP contribution >= 0.6 is 0 Å². The van der Waals surface area contributed by atoms with Gasteiger partial charge in [-0.25, -0.2) is 4.39 Å². The Morgan fingerprint density at radius 1 is 0.971 bits per heavy atom. The van der Waals surface area contributed by atoms with Gasteiger partial charge in [0.2, 0.25) is 11.8 Å². The van der Waals surface area contributed by atoms with E-state index in [0.717, 1.165) is 54.7 Å². The molecule has 1 fully saturated rings. The fourth-order valence-corrected chi connectivity index (χ4v) is 4.92. The number of carbonyl (C=O) groups excluding carboxylic acids is 2. The molecule has 5 rings (SSSR count). The van der Waals surface area contributed by atoms with Gasteiger partial charge in [0, 0.05) is 18.7 Å². The Kier molecular flexibility index (Phi) is 6.22. The molecule has 3 aromatic rings. The van der Waals surface area contributed by atoms with E-state index >= 15 is 0 Å². The Morgan fingerprint density at radius 2 is 1.71 bits per heavy atom. The molecule has 0 unspecified atom stereocenters. The molecular weight excluding hydrogens is 429 g/mol. The lowest BCUT2D eigenvalue weighted by atomic mass is 9.97. The van der Waals surface area contributed by atoms with Crippen LogP contribution in [-0.2, 0) is 9.59 Å². The Bertz CT molecular complexity index is 1180. The van der Waals surface area contributed by atoms with Gasteiger partial charge in [-0.1, -0.05) is 44.0 Å². The molecule has 5 nitrogen and oxygen atoms in total. The molecule has 176 valence electrons. The van der Waals surface area contributed by atoms with Crippen molar-refractivity contribution in [3.05, 3.63) is 83.9 Å². The number of para-hydroxylation sites is 2. The zero-order valence-corrected chi connectivity index (χ0v) is 19.5. The first-order chi connectivity index (χ1) is 16.6. The molecule has 1 saturated carbocycles.